The lowest BCUT2D eigenvalue weighted by Crippen LogP contribution is -2.18. The summed E-state index contributed by atoms with van der Waals surface area (Å²) in [5.74, 6) is 1.04. The van der Waals surface area contributed by atoms with Gasteiger partial charge in [0, 0.05) is 23.7 Å². The first-order chi connectivity index (χ1) is 9.70. The minimum absolute atomic E-state index is 0.0367. The van der Waals surface area contributed by atoms with E-state index in [2.05, 4.69) is 30.1 Å². The van der Waals surface area contributed by atoms with Crippen LogP contribution in [0.15, 0.2) is 52.7 Å². The molecule has 4 nitrogen and oxygen atoms in total. The summed E-state index contributed by atoms with van der Waals surface area (Å²) in [6.07, 6.45) is 5.15. The van der Waals surface area contributed by atoms with Gasteiger partial charge in [0.2, 0.25) is 0 Å². The Balaban J connectivity index is 2.24. The molecule has 102 valence electrons. The Labute approximate surface area is 121 Å². The van der Waals surface area contributed by atoms with Crippen LogP contribution in [-0.4, -0.2) is 19.7 Å². The molecular weight excluding hydrogens is 270 g/mol. The van der Waals surface area contributed by atoms with E-state index in [0.29, 0.717) is 5.52 Å². The topological polar surface area (TPSA) is 39.3 Å². The highest BCUT2D eigenvalue weighted by Gasteiger charge is 2.09. The van der Waals surface area contributed by atoms with E-state index in [1.807, 2.05) is 16.7 Å². The normalized spacial score (nSPS) is 11.1. The first-order valence-electron chi connectivity index (χ1n) is 6.45. The lowest BCUT2D eigenvalue weighted by Gasteiger charge is -2.09. The summed E-state index contributed by atoms with van der Waals surface area (Å²) >= 11 is 1.81. The van der Waals surface area contributed by atoms with Crippen LogP contribution in [0.5, 0.6) is 0 Å². The summed E-state index contributed by atoms with van der Waals surface area (Å²) in [6.45, 7) is 2.14. The van der Waals surface area contributed by atoms with Crippen molar-refractivity contribution in [3.63, 3.8) is 0 Å². The summed E-state index contributed by atoms with van der Waals surface area (Å²) in [4.78, 5) is 17.4. The zero-order chi connectivity index (χ0) is 14.1. The molecule has 3 rings (SSSR count). The predicted molar refractivity (Wildman–Crippen MR) is 82.3 cm³/mol. The fourth-order valence-corrected chi connectivity index (χ4v) is 2.97. The molecule has 0 saturated heterocycles. The van der Waals surface area contributed by atoms with Gasteiger partial charge in [0.15, 0.2) is 0 Å². The number of hydrogen-bond donors (Lipinski definition) is 0. The molecule has 5 heteroatoms. The van der Waals surface area contributed by atoms with E-state index in [9.17, 15) is 4.79 Å². The van der Waals surface area contributed by atoms with Crippen molar-refractivity contribution in [1.82, 2.24) is 14.0 Å². The van der Waals surface area contributed by atoms with Crippen LogP contribution in [0.4, 0.5) is 0 Å². The summed E-state index contributed by atoms with van der Waals surface area (Å²) in [5, 5.41) is 0. The van der Waals surface area contributed by atoms with Crippen molar-refractivity contribution in [1.29, 1.82) is 0 Å². The molecule has 0 bridgehead atoms. The number of hydrogen-bond acceptors (Lipinski definition) is 3. The van der Waals surface area contributed by atoms with Crippen LogP contribution in [0.2, 0.25) is 0 Å². The van der Waals surface area contributed by atoms with Crippen LogP contribution < -0.4 is 5.56 Å². The third kappa shape index (κ3) is 2.14. The number of aryl methyl sites for hydroxylation is 1. The monoisotopic (exact) mass is 285 g/mol. The van der Waals surface area contributed by atoms with E-state index < -0.39 is 0 Å². The van der Waals surface area contributed by atoms with Crippen molar-refractivity contribution in [2.24, 2.45) is 7.05 Å². The van der Waals surface area contributed by atoms with Crippen LogP contribution in [0.25, 0.3) is 16.8 Å². The average Bonchev–Trinajstić information content (AvgIpc) is 2.93. The number of fused-ring (bicyclic) bond motifs is 1. The molecule has 0 atom stereocenters. The molecule has 2 heterocycles. The third-order valence-corrected chi connectivity index (χ3v) is 4.07. The molecule has 3 aromatic rings. The zero-order valence-corrected chi connectivity index (χ0v) is 12.2. The SMILES string of the molecule is CCSc1cccc(-c2cn(C)c(=O)c3cncn23)c1. The number of aromatic nitrogens is 3. The molecule has 0 radical (unpaired) electrons. The van der Waals surface area contributed by atoms with Gasteiger partial charge in [0.05, 0.1) is 18.2 Å². The van der Waals surface area contributed by atoms with Gasteiger partial charge in [-0.1, -0.05) is 19.1 Å². The second kappa shape index (κ2) is 5.17. The van der Waals surface area contributed by atoms with Gasteiger partial charge >= 0.3 is 0 Å². The van der Waals surface area contributed by atoms with E-state index in [-0.39, 0.29) is 5.56 Å². The fraction of sp³-hybridized carbons (Fsp3) is 0.200. The number of benzene rings is 1. The van der Waals surface area contributed by atoms with E-state index in [1.165, 1.54) is 4.90 Å². The van der Waals surface area contributed by atoms with Gasteiger partial charge in [-0.25, -0.2) is 4.98 Å². The number of rotatable bonds is 3. The van der Waals surface area contributed by atoms with Crippen LogP contribution in [0.1, 0.15) is 6.92 Å². The summed E-state index contributed by atoms with van der Waals surface area (Å²) in [7, 11) is 1.77. The Bertz CT molecular complexity index is 819. The second-order valence-corrected chi connectivity index (χ2v) is 5.88. The smallest absolute Gasteiger partial charge is 0.276 e. The molecule has 0 aliphatic rings. The van der Waals surface area contributed by atoms with Crippen LogP contribution in [0.3, 0.4) is 0 Å². The molecule has 0 spiro atoms. The van der Waals surface area contributed by atoms with Crippen LogP contribution >= 0.6 is 11.8 Å². The van der Waals surface area contributed by atoms with E-state index in [0.717, 1.165) is 17.0 Å². The Morgan fingerprint density at radius 1 is 1.35 bits per heavy atom. The minimum atomic E-state index is -0.0367. The predicted octanol–water partition coefficient (Wildman–Crippen LogP) is 2.81. The van der Waals surface area contributed by atoms with E-state index in [1.54, 1.807) is 35.9 Å². The minimum Gasteiger partial charge on any atom is -0.315 e. The van der Waals surface area contributed by atoms with Crippen molar-refractivity contribution >= 4 is 17.3 Å². The molecule has 0 aliphatic heterocycles. The van der Waals surface area contributed by atoms with Crippen molar-refractivity contribution in [3.05, 3.63) is 53.3 Å². The Kier molecular flexibility index (Phi) is 3.36. The molecule has 0 fully saturated rings. The van der Waals surface area contributed by atoms with E-state index in [4.69, 9.17) is 0 Å². The fourth-order valence-electron chi connectivity index (χ4n) is 2.26. The summed E-state index contributed by atoms with van der Waals surface area (Å²) in [5.41, 5.74) is 2.61. The van der Waals surface area contributed by atoms with Gasteiger partial charge in [-0.2, -0.15) is 0 Å². The molecule has 0 N–H and O–H groups in total. The van der Waals surface area contributed by atoms with E-state index >= 15 is 0 Å². The maximum absolute atomic E-state index is 12.0. The molecule has 0 aliphatic carbocycles. The highest BCUT2D eigenvalue weighted by molar-refractivity contribution is 7.99. The Hall–Kier alpha value is -2.01. The molecule has 20 heavy (non-hydrogen) atoms. The second-order valence-electron chi connectivity index (χ2n) is 4.54. The maximum atomic E-state index is 12.0. The highest BCUT2D eigenvalue weighted by Crippen LogP contribution is 2.25. The Morgan fingerprint density at radius 3 is 3.00 bits per heavy atom. The molecule has 1 aromatic carbocycles. The van der Waals surface area contributed by atoms with Crippen LogP contribution in [0, 0.1) is 0 Å². The first kappa shape index (κ1) is 13.0. The van der Waals surface area contributed by atoms with Gasteiger partial charge in [0.25, 0.3) is 5.56 Å². The molecular formula is C15H15N3OS. The number of imidazole rings is 1. The largest absolute Gasteiger partial charge is 0.315 e. The molecule has 0 amide bonds. The van der Waals surface area contributed by atoms with Crippen molar-refractivity contribution in [2.45, 2.75) is 11.8 Å². The summed E-state index contributed by atoms with van der Waals surface area (Å²) in [6, 6.07) is 8.35. The Morgan fingerprint density at radius 2 is 2.20 bits per heavy atom. The van der Waals surface area contributed by atoms with Crippen molar-refractivity contribution in [2.75, 3.05) is 5.75 Å². The van der Waals surface area contributed by atoms with Gasteiger partial charge in [-0.3, -0.25) is 9.20 Å². The van der Waals surface area contributed by atoms with Crippen molar-refractivity contribution < 1.29 is 0 Å². The van der Waals surface area contributed by atoms with Crippen LogP contribution in [-0.2, 0) is 7.05 Å². The number of thioether (sulfide) groups is 1. The lowest BCUT2D eigenvalue weighted by atomic mass is 10.1. The van der Waals surface area contributed by atoms with Gasteiger partial charge in [-0.05, 0) is 17.9 Å². The van der Waals surface area contributed by atoms with Gasteiger partial charge < -0.3 is 4.57 Å². The van der Waals surface area contributed by atoms with Crippen molar-refractivity contribution in [3.8, 4) is 11.3 Å². The lowest BCUT2D eigenvalue weighted by molar-refractivity contribution is 0.850. The number of nitrogens with zero attached hydrogens (tertiary/aromatic N) is 3. The first-order valence-corrected chi connectivity index (χ1v) is 7.44. The highest BCUT2D eigenvalue weighted by atomic mass is 32.2. The van der Waals surface area contributed by atoms with Gasteiger partial charge in [-0.15, -0.1) is 11.8 Å². The molecule has 0 saturated carbocycles. The maximum Gasteiger partial charge on any atom is 0.276 e. The molecule has 0 unspecified atom stereocenters. The standard InChI is InChI=1S/C15H15N3OS/c1-3-20-12-6-4-5-11(7-12)14-9-17(2)15(19)13-8-16-10-18(13)14/h4-10H,3H2,1-2H3. The quantitative estimate of drug-likeness (QED) is 0.695. The van der Waals surface area contributed by atoms with Gasteiger partial charge in [0.1, 0.15) is 5.52 Å². The summed E-state index contributed by atoms with van der Waals surface area (Å²) < 4.78 is 3.45. The zero-order valence-electron chi connectivity index (χ0n) is 11.4. The third-order valence-electron chi connectivity index (χ3n) is 3.19. The molecule has 2 aromatic heterocycles. The average molecular weight is 285 g/mol.